The lowest BCUT2D eigenvalue weighted by molar-refractivity contribution is 0.0519. The quantitative estimate of drug-likeness (QED) is 0.745. The molecule has 2 N–H and O–H groups in total. The molecular weight excluding hydrogens is 194 g/mol. The monoisotopic (exact) mass is 205 g/mol. The van der Waals surface area contributed by atoms with E-state index in [1.807, 2.05) is 0 Å². The summed E-state index contributed by atoms with van der Waals surface area (Å²) in [5, 5.41) is 4.05. The third kappa shape index (κ3) is 1.63. The SMILES string of the molecule is CCOC(=O)c1cc2c(N)cccn2n1. The van der Waals surface area contributed by atoms with E-state index in [0.29, 0.717) is 17.8 Å². The van der Waals surface area contributed by atoms with Crippen LogP contribution in [-0.2, 0) is 4.74 Å². The Kier molecular flexibility index (Phi) is 2.29. The Morgan fingerprint density at radius 1 is 1.67 bits per heavy atom. The molecule has 78 valence electrons. The number of carbonyl (C=O) groups is 1. The minimum atomic E-state index is -0.430. The standard InChI is InChI=1S/C10H11N3O2/c1-2-15-10(14)8-6-9-7(11)4-3-5-13(9)12-8/h3-6H,2,11H2,1H3. The van der Waals surface area contributed by atoms with Crippen molar-refractivity contribution in [2.45, 2.75) is 6.92 Å². The molecule has 0 aromatic carbocycles. The summed E-state index contributed by atoms with van der Waals surface area (Å²) in [4.78, 5) is 11.4. The molecule has 2 rings (SSSR count). The number of rotatable bonds is 2. The zero-order valence-electron chi connectivity index (χ0n) is 8.30. The van der Waals surface area contributed by atoms with Crippen LogP contribution >= 0.6 is 0 Å². The maximum Gasteiger partial charge on any atom is 0.358 e. The fourth-order valence-corrected chi connectivity index (χ4v) is 1.34. The average molecular weight is 205 g/mol. The van der Waals surface area contributed by atoms with Gasteiger partial charge in [0, 0.05) is 12.3 Å². The van der Waals surface area contributed by atoms with Crippen LogP contribution in [0.25, 0.3) is 5.52 Å². The summed E-state index contributed by atoms with van der Waals surface area (Å²) in [7, 11) is 0. The molecule has 2 aromatic heterocycles. The van der Waals surface area contributed by atoms with Gasteiger partial charge >= 0.3 is 5.97 Å². The molecule has 0 saturated carbocycles. The number of hydrogen-bond acceptors (Lipinski definition) is 4. The molecule has 5 heteroatoms. The summed E-state index contributed by atoms with van der Waals surface area (Å²) >= 11 is 0. The van der Waals surface area contributed by atoms with Crippen LogP contribution in [-0.4, -0.2) is 22.2 Å². The van der Waals surface area contributed by atoms with E-state index in [0.717, 1.165) is 0 Å². The molecule has 0 aliphatic heterocycles. The number of nitrogens with zero attached hydrogens (tertiary/aromatic N) is 2. The Morgan fingerprint density at radius 2 is 2.47 bits per heavy atom. The number of fused-ring (bicyclic) bond motifs is 1. The van der Waals surface area contributed by atoms with Crippen LogP contribution < -0.4 is 5.73 Å². The first-order chi connectivity index (χ1) is 7.22. The summed E-state index contributed by atoms with van der Waals surface area (Å²) in [6.07, 6.45) is 1.73. The van der Waals surface area contributed by atoms with Crippen LogP contribution in [0, 0.1) is 0 Å². The number of hydrogen-bond donors (Lipinski definition) is 1. The van der Waals surface area contributed by atoms with Crippen molar-refractivity contribution in [1.82, 2.24) is 9.61 Å². The second-order valence-electron chi connectivity index (χ2n) is 3.04. The van der Waals surface area contributed by atoms with Crippen molar-refractivity contribution in [3.05, 3.63) is 30.1 Å². The van der Waals surface area contributed by atoms with E-state index in [4.69, 9.17) is 10.5 Å². The first-order valence-corrected chi connectivity index (χ1v) is 4.63. The van der Waals surface area contributed by atoms with Crippen LogP contribution in [0.5, 0.6) is 0 Å². The molecular formula is C10H11N3O2. The summed E-state index contributed by atoms with van der Waals surface area (Å²) < 4.78 is 6.40. The maximum absolute atomic E-state index is 11.4. The van der Waals surface area contributed by atoms with Crippen LogP contribution in [0.1, 0.15) is 17.4 Å². The highest BCUT2D eigenvalue weighted by molar-refractivity contribution is 5.90. The van der Waals surface area contributed by atoms with E-state index in [1.165, 1.54) is 0 Å². The summed E-state index contributed by atoms with van der Waals surface area (Å²) in [6.45, 7) is 2.09. The molecule has 0 aliphatic carbocycles. The van der Waals surface area contributed by atoms with Crippen LogP contribution in [0.15, 0.2) is 24.4 Å². The fourth-order valence-electron chi connectivity index (χ4n) is 1.34. The van der Waals surface area contributed by atoms with Crippen molar-refractivity contribution < 1.29 is 9.53 Å². The molecule has 0 atom stereocenters. The van der Waals surface area contributed by atoms with Gasteiger partial charge in [0.05, 0.1) is 17.8 Å². The van der Waals surface area contributed by atoms with Gasteiger partial charge in [-0.25, -0.2) is 9.31 Å². The number of carbonyl (C=O) groups excluding carboxylic acids is 1. The number of ether oxygens (including phenoxy) is 1. The highest BCUT2D eigenvalue weighted by Gasteiger charge is 2.12. The van der Waals surface area contributed by atoms with Gasteiger partial charge in [-0.2, -0.15) is 5.10 Å². The number of anilines is 1. The minimum absolute atomic E-state index is 0.273. The van der Waals surface area contributed by atoms with Crippen molar-refractivity contribution in [2.75, 3.05) is 12.3 Å². The van der Waals surface area contributed by atoms with Crippen molar-refractivity contribution in [1.29, 1.82) is 0 Å². The maximum atomic E-state index is 11.4. The van der Waals surface area contributed by atoms with Gasteiger partial charge in [0.2, 0.25) is 0 Å². The molecule has 0 bridgehead atoms. The molecule has 0 amide bonds. The molecule has 0 spiro atoms. The van der Waals surface area contributed by atoms with Gasteiger partial charge in [-0.05, 0) is 19.1 Å². The normalized spacial score (nSPS) is 10.5. The van der Waals surface area contributed by atoms with Gasteiger partial charge < -0.3 is 10.5 Å². The van der Waals surface area contributed by atoms with E-state index in [-0.39, 0.29) is 5.69 Å². The third-order valence-corrected chi connectivity index (χ3v) is 2.02. The third-order valence-electron chi connectivity index (χ3n) is 2.02. The van der Waals surface area contributed by atoms with Gasteiger partial charge in [-0.1, -0.05) is 0 Å². The van der Waals surface area contributed by atoms with E-state index < -0.39 is 5.97 Å². The number of pyridine rings is 1. The molecule has 0 aliphatic rings. The number of nitrogens with two attached hydrogens (primary N) is 1. The van der Waals surface area contributed by atoms with Gasteiger partial charge in [-0.3, -0.25) is 0 Å². The molecule has 15 heavy (non-hydrogen) atoms. The zero-order valence-corrected chi connectivity index (χ0v) is 8.30. The molecule has 5 nitrogen and oxygen atoms in total. The number of esters is 1. The molecule has 0 saturated heterocycles. The summed E-state index contributed by atoms with van der Waals surface area (Å²) in [6, 6.07) is 5.14. The van der Waals surface area contributed by atoms with E-state index in [2.05, 4.69) is 5.10 Å². The lowest BCUT2D eigenvalue weighted by Gasteiger charge is -1.95. The largest absolute Gasteiger partial charge is 0.461 e. The molecule has 2 heterocycles. The van der Waals surface area contributed by atoms with Crippen LogP contribution in [0.2, 0.25) is 0 Å². The van der Waals surface area contributed by atoms with E-state index in [9.17, 15) is 4.79 Å². The molecule has 0 fully saturated rings. The lowest BCUT2D eigenvalue weighted by Crippen LogP contribution is -2.05. The van der Waals surface area contributed by atoms with Crippen LogP contribution in [0.4, 0.5) is 5.69 Å². The Balaban J connectivity index is 2.47. The smallest absolute Gasteiger partial charge is 0.358 e. The topological polar surface area (TPSA) is 69.6 Å². The number of nitrogen functional groups attached to an aromatic ring is 1. The van der Waals surface area contributed by atoms with Gasteiger partial charge in [0.25, 0.3) is 0 Å². The predicted octanol–water partition coefficient (Wildman–Crippen LogP) is 1.09. The van der Waals surface area contributed by atoms with Crippen LogP contribution in [0.3, 0.4) is 0 Å². The zero-order chi connectivity index (χ0) is 10.8. The Hall–Kier alpha value is -2.04. The lowest BCUT2D eigenvalue weighted by atomic mass is 10.3. The Labute approximate surface area is 86.4 Å². The first-order valence-electron chi connectivity index (χ1n) is 4.63. The molecule has 0 radical (unpaired) electrons. The first kappa shape index (κ1) is 9.51. The molecule has 2 aromatic rings. The highest BCUT2D eigenvalue weighted by atomic mass is 16.5. The number of aromatic nitrogens is 2. The Bertz CT molecular complexity index is 504. The highest BCUT2D eigenvalue weighted by Crippen LogP contribution is 2.14. The predicted molar refractivity (Wildman–Crippen MR) is 55.6 cm³/mol. The molecule has 0 unspecified atom stereocenters. The Morgan fingerprint density at radius 3 is 3.13 bits per heavy atom. The minimum Gasteiger partial charge on any atom is -0.461 e. The van der Waals surface area contributed by atoms with Gasteiger partial charge in [0.15, 0.2) is 5.69 Å². The second kappa shape index (κ2) is 3.61. The average Bonchev–Trinajstić information content (AvgIpc) is 2.63. The summed E-state index contributed by atoms with van der Waals surface area (Å²) in [5.41, 5.74) is 7.30. The van der Waals surface area contributed by atoms with Crippen molar-refractivity contribution in [3.63, 3.8) is 0 Å². The van der Waals surface area contributed by atoms with E-state index >= 15 is 0 Å². The van der Waals surface area contributed by atoms with Crippen molar-refractivity contribution in [3.8, 4) is 0 Å². The van der Waals surface area contributed by atoms with E-state index in [1.54, 1.807) is 35.8 Å². The van der Waals surface area contributed by atoms with Crippen molar-refractivity contribution >= 4 is 17.2 Å². The fraction of sp³-hybridized carbons (Fsp3) is 0.200. The van der Waals surface area contributed by atoms with Crippen molar-refractivity contribution in [2.24, 2.45) is 0 Å². The second-order valence-corrected chi connectivity index (χ2v) is 3.04. The summed E-state index contributed by atoms with van der Waals surface area (Å²) in [5.74, 6) is -0.430. The van der Waals surface area contributed by atoms with Gasteiger partial charge in [-0.15, -0.1) is 0 Å². The van der Waals surface area contributed by atoms with Gasteiger partial charge in [0.1, 0.15) is 0 Å².